The molecule has 154 valence electrons. The summed E-state index contributed by atoms with van der Waals surface area (Å²) >= 11 is 1.67. The average molecular weight is 428 g/mol. The fourth-order valence-corrected chi connectivity index (χ4v) is 4.77. The van der Waals surface area contributed by atoms with Gasteiger partial charge in [-0.25, -0.2) is 0 Å². The van der Waals surface area contributed by atoms with Crippen molar-refractivity contribution in [2.75, 3.05) is 10.2 Å². The van der Waals surface area contributed by atoms with Crippen LogP contribution in [0.2, 0.25) is 0 Å². The van der Waals surface area contributed by atoms with Gasteiger partial charge in [0, 0.05) is 33.6 Å². The van der Waals surface area contributed by atoms with Gasteiger partial charge in [-0.1, -0.05) is 18.2 Å². The fraction of sp³-hybridized carbons (Fsp3) is 0.120. The van der Waals surface area contributed by atoms with Crippen LogP contribution in [0.25, 0.3) is 0 Å². The Morgan fingerprint density at radius 1 is 0.935 bits per heavy atom. The van der Waals surface area contributed by atoms with E-state index in [1.807, 2.05) is 47.5 Å². The highest BCUT2D eigenvalue weighted by Gasteiger charge is 2.25. The standard InChI is InChI=1S/C25H21N3O2S/c1-17-5-2-3-7-21(17)24(29)26-19-10-8-18(9-11-19)25(30)28-15-20-6-4-13-27(20)16-23-22(28)12-14-31-23/h2-14H,15-16H2,1H3,(H,26,29). The summed E-state index contributed by atoms with van der Waals surface area (Å²) in [6, 6.07) is 20.6. The zero-order chi connectivity index (χ0) is 21.4. The molecule has 5 nitrogen and oxygen atoms in total. The van der Waals surface area contributed by atoms with E-state index in [0.29, 0.717) is 23.4 Å². The van der Waals surface area contributed by atoms with Crippen molar-refractivity contribution in [2.24, 2.45) is 0 Å². The molecule has 0 aliphatic carbocycles. The van der Waals surface area contributed by atoms with Crippen LogP contribution in [-0.2, 0) is 13.1 Å². The Labute approximate surface area is 184 Å². The summed E-state index contributed by atoms with van der Waals surface area (Å²) in [6.45, 7) is 3.22. The van der Waals surface area contributed by atoms with Gasteiger partial charge in [0.1, 0.15) is 0 Å². The predicted molar refractivity (Wildman–Crippen MR) is 124 cm³/mol. The summed E-state index contributed by atoms with van der Waals surface area (Å²) in [5.74, 6) is -0.209. The van der Waals surface area contributed by atoms with E-state index in [2.05, 4.69) is 22.1 Å². The average Bonchev–Trinajstić information content (AvgIpc) is 3.39. The normalized spacial score (nSPS) is 12.6. The van der Waals surface area contributed by atoms with E-state index in [4.69, 9.17) is 0 Å². The topological polar surface area (TPSA) is 54.3 Å². The van der Waals surface area contributed by atoms with Crippen molar-refractivity contribution in [3.63, 3.8) is 0 Å². The molecular formula is C25H21N3O2S. The van der Waals surface area contributed by atoms with Crippen molar-refractivity contribution in [2.45, 2.75) is 20.0 Å². The first-order valence-electron chi connectivity index (χ1n) is 10.1. The number of carbonyl (C=O) groups is 2. The van der Waals surface area contributed by atoms with E-state index in [9.17, 15) is 9.59 Å². The molecule has 2 aromatic carbocycles. The molecule has 2 amide bonds. The molecule has 0 bridgehead atoms. The lowest BCUT2D eigenvalue weighted by atomic mass is 10.1. The minimum Gasteiger partial charge on any atom is -0.344 e. The van der Waals surface area contributed by atoms with Gasteiger partial charge in [0.25, 0.3) is 11.8 Å². The van der Waals surface area contributed by atoms with Crippen LogP contribution in [0.15, 0.2) is 78.3 Å². The van der Waals surface area contributed by atoms with Gasteiger partial charge >= 0.3 is 0 Å². The number of nitrogens with one attached hydrogen (secondary N) is 1. The van der Waals surface area contributed by atoms with Crippen LogP contribution >= 0.6 is 11.3 Å². The third-order valence-corrected chi connectivity index (χ3v) is 6.49. The molecule has 1 N–H and O–H groups in total. The van der Waals surface area contributed by atoms with Crippen LogP contribution in [0.3, 0.4) is 0 Å². The van der Waals surface area contributed by atoms with Crippen LogP contribution in [0.5, 0.6) is 0 Å². The summed E-state index contributed by atoms with van der Waals surface area (Å²) in [5.41, 5.74) is 4.89. The van der Waals surface area contributed by atoms with Crippen LogP contribution in [-0.4, -0.2) is 16.4 Å². The Bertz CT molecular complexity index is 1270. The number of anilines is 2. The highest BCUT2D eigenvalue weighted by atomic mass is 32.1. The molecule has 4 aromatic rings. The molecule has 6 heteroatoms. The van der Waals surface area contributed by atoms with Crippen LogP contribution < -0.4 is 10.2 Å². The zero-order valence-corrected chi connectivity index (χ0v) is 17.9. The van der Waals surface area contributed by atoms with Crippen molar-refractivity contribution in [1.29, 1.82) is 0 Å². The Balaban J connectivity index is 1.37. The Kier molecular flexibility index (Phi) is 4.92. The predicted octanol–water partition coefficient (Wildman–Crippen LogP) is 5.32. The van der Waals surface area contributed by atoms with Crippen LogP contribution in [0.1, 0.15) is 36.9 Å². The maximum absolute atomic E-state index is 13.4. The van der Waals surface area contributed by atoms with Crippen molar-refractivity contribution in [1.82, 2.24) is 4.57 Å². The summed E-state index contributed by atoms with van der Waals surface area (Å²) in [6.07, 6.45) is 2.05. The van der Waals surface area contributed by atoms with Crippen molar-refractivity contribution in [3.8, 4) is 0 Å². The van der Waals surface area contributed by atoms with Gasteiger partial charge in [0.2, 0.25) is 0 Å². The first kappa shape index (κ1) is 19.3. The minimum absolute atomic E-state index is 0.0499. The van der Waals surface area contributed by atoms with Crippen molar-refractivity contribution >= 4 is 34.5 Å². The smallest absolute Gasteiger partial charge is 0.258 e. The molecule has 0 spiro atoms. The lowest BCUT2D eigenvalue weighted by Crippen LogP contribution is -2.30. The highest BCUT2D eigenvalue weighted by molar-refractivity contribution is 7.10. The molecule has 31 heavy (non-hydrogen) atoms. The summed E-state index contributed by atoms with van der Waals surface area (Å²) in [7, 11) is 0. The van der Waals surface area contributed by atoms with Gasteiger partial charge in [-0.05, 0) is 66.4 Å². The number of thiophene rings is 1. The maximum Gasteiger partial charge on any atom is 0.258 e. The van der Waals surface area contributed by atoms with E-state index in [0.717, 1.165) is 23.5 Å². The molecule has 0 saturated carbocycles. The largest absolute Gasteiger partial charge is 0.344 e. The molecule has 2 aromatic heterocycles. The monoisotopic (exact) mass is 427 g/mol. The van der Waals surface area contributed by atoms with E-state index in [1.165, 1.54) is 4.88 Å². The number of amides is 2. The molecule has 0 fully saturated rings. The van der Waals surface area contributed by atoms with Gasteiger partial charge in [-0.2, -0.15) is 0 Å². The number of aryl methyl sites for hydroxylation is 1. The van der Waals surface area contributed by atoms with Gasteiger partial charge in [-0.3, -0.25) is 9.59 Å². The highest BCUT2D eigenvalue weighted by Crippen LogP contribution is 2.33. The lowest BCUT2D eigenvalue weighted by molar-refractivity contribution is 0.0984. The molecule has 5 rings (SSSR count). The SMILES string of the molecule is Cc1ccccc1C(=O)Nc1ccc(C(=O)N2Cc3cccn3Cc3sccc32)cc1. The fourth-order valence-electron chi connectivity index (χ4n) is 3.90. The number of aromatic nitrogens is 1. The molecule has 1 aliphatic rings. The van der Waals surface area contributed by atoms with Crippen LogP contribution in [0, 0.1) is 6.92 Å². The van der Waals surface area contributed by atoms with Crippen molar-refractivity contribution in [3.05, 3.63) is 106 Å². The summed E-state index contributed by atoms with van der Waals surface area (Å²) < 4.78 is 2.19. The first-order valence-corrected chi connectivity index (χ1v) is 11.0. The second kappa shape index (κ2) is 7.89. The van der Waals surface area contributed by atoms with Gasteiger partial charge < -0.3 is 14.8 Å². The number of rotatable bonds is 3. The number of fused-ring (bicyclic) bond motifs is 2. The lowest BCUT2D eigenvalue weighted by Gasteiger charge is -2.21. The second-order valence-electron chi connectivity index (χ2n) is 7.59. The molecule has 3 heterocycles. The van der Waals surface area contributed by atoms with Gasteiger partial charge in [0.15, 0.2) is 0 Å². The molecule has 1 aliphatic heterocycles. The van der Waals surface area contributed by atoms with Crippen molar-refractivity contribution < 1.29 is 9.59 Å². The van der Waals surface area contributed by atoms with E-state index in [1.54, 1.807) is 41.7 Å². The summed E-state index contributed by atoms with van der Waals surface area (Å²) in [4.78, 5) is 28.9. The Hall–Kier alpha value is -3.64. The molecule has 0 saturated heterocycles. The molecule has 0 atom stereocenters. The van der Waals surface area contributed by atoms with Gasteiger partial charge in [-0.15, -0.1) is 11.3 Å². The maximum atomic E-state index is 13.4. The molecule has 0 unspecified atom stereocenters. The number of hydrogen-bond acceptors (Lipinski definition) is 3. The third-order valence-electron chi connectivity index (χ3n) is 5.59. The number of nitrogens with zero attached hydrogens (tertiary/aromatic N) is 2. The number of benzene rings is 2. The zero-order valence-electron chi connectivity index (χ0n) is 17.0. The molecule has 0 radical (unpaired) electrons. The summed E-state index contributed by atoms with van der Waals surface area (Å²) in [5, 5.41) is 4.94. The van der Waals surface area contributed by atoms with Crippen LogP contribution in [0.4, 0.5) is 11.4 Å². The van der Waals surface area contributed by atoms with E-state index < -0.39 is 0 Å². The number of hydrogen-bond donors (Lipinski definition) is 1. The van der Waals surface area contributed by atoms with Gasteiger partial charge in [0.05, 0.1) is 18.8 Å². The second-order valence-corrected chi connectivity index (χ2v) is 8.59. The first-order chi connectivity index (χ1) is 15.1. The number of carbonyl (C=O) groups excluding carboxylic acids is 2. The van der Waals surface area contributed by atoms with E-state index >= 15 is 0 Å². The molecular weight excluding hydrogens is 406 g/mol. The Morgan fingerprint density at radius 2 is 1.74 bits per heavy atom. The Morgan fingerprint density at radius 3 is 2.55 bits per heavy atom. The third kappa shape index (κ3) is 3.66. The minimum atomic E-state index is -0.159. The van der Waals surface area contributed by atoms with E-state index in [-0.39, 0.29) is 11.8 Å². The quantitative estimate of drug-likeness (QED) is 0.481.